The van der Waals surface area contributed by atoms with Crippen LogP contribution in [-0.2, 0) is 6.54 Å². The average molecular weight is 326 g/mol. The fraction of sp³-hybridized carbons (Fsp3) is 0.214. The van der Waals surface area contributed by atoms with E-state index in [-0.39, 0.29) is 6.04 Å². The predicted molar refractivity (Wildman–Crippen MR) is 85.6 cm³/mol. The molecule has 0 bridgehead atoms. The minimum Gasteiger partial charge on any atom is -0.370 e. The van der Waals surface area contributed by atoms with Gasteiger partial charge in [0.15, 0.2) is 5.96 Å². The lowest BCUT2D eigenvalue weighted by Crippen LogP contribution is -2.35. The highest BCUT2D eigenvalue weighted by Gasteiger charge is 2.30. The first-order chi connectivity index (χ1) is 9.66. The summed E-state index contributed by atoms with van der Waals surface area (Å²) in [6, 6.07) is 9.65. The fourth-order valence-electron chi connectivity index (χ4n) is 2.37. The quantitative estimate of drug-likeness (QED) is 0.929. The second-order valence-electron chi connectivity index (χ2n) is 4.56. The van der Waals surface area contributed by atoms with Gasteiger partial charge in [0.25, 0.3) is 0 Å². The molecule has 1 atom stereocenters. The smallest absolute Gasteiger partial charge is 0.192 e. The Bertz CT molecular complexity index is 620. The number of hydrogen-bond acceptors (Lipinski definition) is 4. The lowest BCUT2D eigenvalue weighted by atomic mass is 10.1. The van der Waals surface area contributed by atoms with Crippen LogP contribution in [0, 0.1) is 0 Å². The van der Waals surface area contributed by atoms with Crippen LogP contribution >= 0.6 is 34.5 Å². The number of rotatable bonds is 3. The van der Waals surface area contributed by atoms with Gasteiger partial charge < -0.3 is 10.6 Å². The Labute approximate surface area is 131 Å². The monoisotopic (exact) mass is 325 g/mol. The van der Waals surface area contributed by atoms with Crippen LogP contribution < -0.4 is 5.73 Å². The Balaban J connectivity index is 1.93. The maximum absolute atomic E-state index is 6.30. The molecule has 0 saturated carbocycles. The molecule has 0 saturated heterocycles. The maximum atomic E-state index is 6.30. The molecule has 2 N–H and O–H groups in total. The normalized spacial score (nSPS) is 18.4. The highest BCUT2D eigenvalue weighted by molar-refractivity contribution is 7.09. The van der Waals surface area contributed by atoms with Gasteiger partial charge in [0.05, 0.1) is 19.1 Å². The van der Waals surface area contributed by atoms with E-state index in [0.29, 0.717) is 22.5 Å². The predicted octanol–water partition coefficient (Wildman–Crippen LogP) is 3.93. The van der Waals surface area contributed by atoms with E-state index in [1.807, 2.05) is 24.3 Å². The molecule has 20 heavy (non-hydrogen) atoms. The maximum Gasteiger partial charge on any atom is 0.192 e. The van der Waals surface area contributed by atoms with E-state index >= 15 is 0 Å². The molecule has 1 aromatic heterocycles. The minimum absolute atomic E-state index is 0.00157. The van der Waals surface area contributed by atoms with Crippen LogP contribution in [0.3, 0.4) is 0 Å². The summed E-state index contributed by atoms with van der Waals surface area (Å²) in [6.07, 6.45) is 0. The third kappa shape index (κ3) is 2.51. The Morgan fingerprint density at radius 3 is 2.65 bits per heavy atom. The molecule has 0 spiro atoms. The molecule has 1 aliphatic rings. The van der Waals surface area contributed by atoms with E-state index < -0.39 is 0 Å². The van der Waals surface area contributed by atoms with E-state index in [1.165, 1.54) is 4.88 Å². The molecule has 104 valence electrons. The van der Waals surface area contributed by atoms with Crippen LogP contribution in [0.15, 0.2) is 40.7 Å². The second kappa shape index (κ2) is 5.64. The van der Waals surface area contributed by atoms with Gasteiger partial charge in [-0.1, -0.05) is 35.3 Å². The van der Waals surface area contributed by atoms with Crippen molar-refractivity contribution in [2.45, 2.75) is 12.6 Å². The number of aliphatic imine (C=N–C) groups is 1. The summed E-state index contributed by atoms with van der Waals surface area (Å²) in [5, 5.41) is 3.36. The van der Waals surface area contributed by atoms with E-state index in [2.05, 4.69) is 21.3 Å². The number of nitrogens with zero attached hydrogens (tertiary/aromatic N) is 2. The van der Waals surface area contributed by atoms with Crippen LogP contribution in [0.2, 0.25) is 10.0 Å². The van der Waals surface area contributed by atoms with Gasteiger partial charge in [-0.3, -0.25) is 4.99 Å². The lowest BCUT2D eigenvalue weighted by Gasteiger charge is -2.27. The van der Waals surface area contributed by atoms with Crippen LogP contribution in [0.4, 0.5) is 0 Å². The van der Waals surface area contributed by atoms with Crippen molar-refractivity contribution in [1.29, 1.82) is 0 Å². The number of nitrogens with two attached hydrogens (primary N) is 1. The summed E-state index contributed by atoms with van der Waals surface area (Å²) in [6.45, 7) is 1.31. The number of hydrogen-bond donors (Lipinski definition) is 1. The van der Waals surface area contributed by atoms with Crippen molar-refractivity contribution >= 4 is 40.5 Å². The first kappa shape index (κ1) is 13.7. The average Bonchev–Trinajstić information content (AvgIpc) is 3.03. The van der Waals surface area contributed by atoms with Crippen molar-refractivity contribution in [2.24, 2.45) is 10.7 Å². The first-order valence-electron chi connectivity index (χ1n) is 6.19. The van der Waals surface area contributed by atoms with Gasteiger partial charge in [-0.25, -0.2) is 0 Å². The van der Waals surface area contributed by atoms with Crippen molar-refractivity contribution in [3.63, 3.8) is 0 Å². The molecule has 2 heterocycles. The zero-order valence-electron chi connectivity index (χ0n) is 10.6. The summed E-state index contributed by atoms with van der Waals surface area (Å²) in [5.74, 6) is 0.541. The van der Waals surface area contributed by atoms with E-state index in [9.17, 15) is 0 Å². The van der Waals surface area contributed by atoms with Gasteiger partial charge in [-0.2, -0.15) is 0 Å². The largest absolute Gasteiger partial charge is 0.370 e. The fourth-order valence-corrected chi connectivity index (χ4v) is 3.72. The standard InChI is InChI=1S/C14H13Cl2N3S/c15-10-4-1-5-11(16)13(10)12-7-18-14(17)19(12)8-9-3-2-6-20-9/h1-6,12H,7-8H2,(H2,17,18). The molecule has 1 unspecified atom stereocenters. The minimum atomic E-state index is -0.00157. The summed E-state index contributed by atoms with van der Waals surface area (Å²) < 4.78 is 0. The molecule has 0 amide bonds. The first-order valence-corrected chi connectivity index (χ1v) is 7.83. The van der Waals surface area contributed by atoms with Gasteiger partial charge in [0.2, 0.25) is 0 Å². The molecule has 3 nitrogen and oxygen atoms in total. The van der Waals surface area contributed by atoms with Crippen LogP contribution in [0.1, 0.15) is 16.5 Å². The molecule has 3 rings (SSSR count). The van der Waals surface area contributed by atoms with Gasteiger partial charge in [0.1, 0.15) is 0 Å². The molecule has 0 radical (unpaired) electrons. The Kier molecular flexibility index (Phi) is 3.87. The summed E-state index contributed by atoms with van der Waals surface area (Å²) in [7, 11) is 0. The highest BCUT2D eigenvalue weighted by Crippen LogP contribution is 2.36. The SMILES string of the molecule is NC1=NCC(c2c(Cl)cccc2Cl)N1Cc1cccs1. The van der Waals surface area contributed by atoms with E-state index in [1.54, 1.807) is 11.3 Å². The zero-order chi connectivity index (χ0) is 14.1. The number of benzene rings is 1. The van der Waals surface area contributed by atoms with Crippen molar-refractivity contribution in [3.05, 3.63) is 56.2 Å². The van der Waals surface area contributed by atoms with E-state index in [4.69, 9.17) is 28.9 Å². The molecular weight excluding hydrogens is 313 g/mol. The Morgan fingerprint density at radius 1 is 1.25 bits per heavy atom. The summed E-state index contributed by atoms with van der Waals surface area (Å²) >= 11 is 14.3. The summed E-state index contributed by atoms with van der Waals surface area (Å²) in [4.78, 5) is 7.63. The van der Waals surface area contributed by atoms with Crippen LogP contribution in [0.25, 0.3) is 0 Å². The van der Waals surface area contributed by atoms with Gasteiger partial charge >= 0.3 is 0 Å². The van der Waals surface area contributed by atoms with Crippen molar-refractivity contribution in [1.82, 2.24) is 4.90 Å². The van der Waals surface area contributed by atoms with Crippen LogP contribution in [0.5, 0.6) is 0 Å². The molecule has 1 aliphatic heterocycles. The van der Waals surface area contributed by atoms with Gasteiger partial charge in [0, 0.05) is 20.5 Å². The van der Waals surface area contributed by atoms with Gasteiger partial charge in [-0.15, -0.1) is 11.3 Å². The topological polar surface area (TPSA) is 41.6 Å². The number of halogens is 2. The second-order valence-corrected chi connectivity index (χ2v) is 6.40. The molecule has 0 fully saturated rings. The number of guanidine groups is 1. The number of thiophene rings is 1. The van der Waals surface area contributed by atoms with Crippen molar-refractivity contribution in [2.75, 3.05) is 6.54 Å². The molecule has 0 aliphatic carbocycles. The molecule has 2 aromatic rings. The highest BCUT2D eigenvalue weighted by atomic mass is 35.5. The van der Waals surface area contributed by atoms with Crippen molar-refractivity contribution in [3.8, 4) is 0 Å². The van der Waals surface area contributed by atoms with Crippen molar-refractivity contribution < 1.29 is 0 Å². The van der Waals surface area contributed by atoms with E-state index in [0.717, 1.165) is 12.1 Å². The third-order valence-electron chi connectivity index (χ3n) is 3.34. The Hall–Kier alpha value is -1.23. The lowest BCUT2D eigenvalue weighted by molar-refractivity contribution is 0.343. The molecule has 6 heteroatoms. The third-order valence-corrected chi connectivity index (χ3v) is 4.86. The van der Waals surface area contributed by atoms with Gasteiger partial charge in [-0.05, 0) is 23.6 Å². The Morgan fingerprint density at radius 2 is 2.00 bits per heavy atom. The summed E-state index contributed by atoms with van der Waals surface area (Å²) in [5.41, 5.74) is 6.92. The molecular formula is C14H13Cl2N3S. The van der Waals surface area contributed by atoms with Crippen LogP contribution in [-0.4, -0.2) is 17.4 Å². The molecule has 1 aromatic carbocycles. The zero-order valence-corrected chi connectivity index (χ0v) is 12.9.